The minimum atomic E-state index is -4.33. The Bertz CT molecular complexity index is 448. The van der Waals surface area contributed by atoms with Crippen molar-refractivity contribution in [2.24, 2.45) is 0 Å². The highest BCUT2D eigenvalue weighted by atomic mass is 79.9. The fourth-order valence-corrected chi connectivity index (χ4v) is 2.74. The molecule has 0 aromatic heterocycles. The van der Waals surface area contributed by atoms with E-state index >= 15 is 0 Å². The Hall–Kier alpha value is -0.240. The van der Waals surface area contributed by atoms with Crippen molar-refractivity contribution in [1.29, 1.82) is 0 Å². The fourth-order valence-electron chi connectivity index (χ4n) is 1.49. The highest BCUT2D eigenvalue weighted by molar-refractivity contribution is 9.10. The molecule has 0 aliphatic rings. The zero-order valence-corrected chi connectivity index (χ0v) is 13.8. The molecule has 1 rings (SSSR count). The highest BCUT2D eigenvalue weighted by Crippen LogP contribution is 2.32. The van der Waals surface area contributed by atoms with Crippen LogP contribution in [0.1, 0.15) is 38.8 Å². The van der Waals surface area contributed by atoms with Crippen molar-refractivity contribution in [1.82, 2.24) is 4.72 Å². The van der Waals surface area contributed by atoms with Gasteiger partial charge in [0.25, 0.3) is 0 Å². The predicted molar refractivity (Wildman–Crippen MR) is 78.6 cm³/mol. The molecule has 0 aliphatic heterocycles. The molecule has 2 unspecified atom stereocenters. The Kier molecular flexibility index (Phi) is 5.95. The lowest BCUT2D eigenvalue weighted by Crippen LogP contribution is -2.42. The van der Waals surface area contributed by atoms with Crippen molar-refractivity contribution >= 4 is 27.3 Å². The van der Waals surface area contributed by atoms with Crippen LogP contribution >= 0.6 is 15.9 Å². The van der Waals surface area contributed by atoms with Crippen LogP contribution in [0.25, 0.3) is 0 Å². The van der Waals surface area contributed by atoms with Crippen LogP contribution in [0.3, 0.4) is 0 Å². The summed E-state index contributed by atoms with van der Waals surface area (Å²) in [5.41, 5.74) is 0.453. The molecule has 2 atom stereocenters. The minimum absolute atomic E-state index is 0.453. The van der Waals surface area contributed by atoms with E-state index < -0.39 is 34.7 Å². The summed E-state index contributed by atoms with van der Waals surface area (Å²) in [6.45, 7) is 5.13. The van der Waals surface area contributed by atoms with Gasteiger partial charge in [0.1, 0.15) is 4.75 Å². The van der Waals surface area contributed by atoms with Gasteiger partial charge in [0.15, 0.2) is 0 Å². The van der Waals surface area contributed by atoms with E-state index in [9.17, 15) is 17.7 Å². The summed E-state index contributed by atoms with van der Waals surface area (Å²) in [6.07, 6.45) is -5.40. The van der Waals surface area contributed by atoms with E-state index in [1.165, 1.54) is 0 Å². The van der Waals surface area contributed by atoms with E-state index in [4.69, 9.17) is 0 Å². The van der Waals surface area contributed by atoms with Gasteiger partial charge in [-0.15, -0.1) is 4.72 Å². The second-order valence-corrected chi connectivity index (χ2v) is 8.34. The average Bonchev–Trinajstić information content (AvgIpc) is 2.25. The molecule has 0 saturated carbocycles. The largest absolute Gasteiger partial charge is 0.598 e. The molecule has 114 valence electrons. The van der Waals surface area contributed by atoms with E-state index in [1.807, 2.05) is 0 Å². The summed E-state index contributed by atoms with van der Waals surface area (Å²) in [5.74, 6) is 0. The molecule has 0 radical (unpaired) electrons. The van der Waals surface area contributed by atoms with Gasteiger partial charge in [-0.25, -0.2) is 0 Å². The van der Waals surface area contributed by atoms with E-state index in [2.05, 4.69) is 20.7 Å². The van der Waals surface area contributed by atoms with Crippen LogP contribution in [0.15, 0.2) is 28.7 Å². The zero-order chi connectivity index (χ0) is 15.6. The van der Waals surface area contributed by atoms with Gasteiger partial charge in [-0.05, 0) is 38.5 Å². The van der Waals surface area contributed by atoms with Crippen molar-refractivity contribution in [3.63, 3.8) is 0 Å². The molecular formula is C13H17BrF3NOS. The summed E-state index contributed by atoms with van der Waals surface area (Å²) in [5, 5.41) is 0. The van der Waals surface area contributed by atoms with Crippen molar-refractivity contribution in [2.45, 2.75) is 44.2 Å². The second kappa shape index (κ2) is 6.68. The molecule has 0 fully saturated rings. The number of rotatable bonds is 4. The molecule has 1 aromatic carbocycles. The Labute approximate surface area is 128 Å². The number of alkyl halides is 3. The Morgan fingerprint density at radius 1 is 1.30 bits per heavy atom. The predicted octanol–water partition coefficient (Wildman–Crippen LogP) is 4.49. The Morgan fingerprint density at radius 2 is 1.90 bits per heavy atom. The number of nitrogens with one attached hydrogen (secondary N) is 1. The van der Waals surface area contributed by atoms with Crippen LogP contribution in [0, 0.1) is 0 Å². The van der Waals surface area contributed by atoms with Crippen LogP contribution in [0.4, 0.5) is 13.2 Å². The van der Waals surface area contributed by atoms with Gasteiger partial charge in [-0.2, -0.15) is 13.2 Å². The van der Waals surface area contributed by atoms with Gasteiger partial charge < -0.3 is 4.55 Å². The summed E-state index contributed by atoms with van der Waals surface area (Å²) in [4.78, 5) is 0. The molecule has 0 amide bonds. The first-order valence-electron chi connectivity index (χ1n) is 5.99. The standard InChI is InChI=1S/C13H17BrF3NOS/c1-12(2,3)20(19)18-11(8-13(15,16)17)9-5-4-6-10(14)7-9/h4-7,11,18H,8H2,1-3H3. The van der Waals surface area contributed by atoms with Crippen LogP contribution < -0.4 is 4.72 Å². The average molecular weight is 372 g/mol. The van der Waals surface area contributed by atoms with Crippen molar-refractivity contribution in [3.8, 4) is 0 Å². The third kappa shape index (κ3) is 6.03. The maximum Gasteiger partial charge on any atom is 0.391 e. The molecule has 1 aromatic rings. The first-order valence-corrected chi connectivity index (χ1v) is 7.93. The zero-order valence-electron chi connectivity index (χ0n) is 11.4. The number of halogens is 4. The molecule has 20 heavy (non-hydrogen) atoms. The molecule has 0 heterocycles. The van der Waals surface area contributed by atoms with Crippen molar-refractivity contribution in [2.75, 3.05) is 0 Å². The third-order valence-electron chi connectivity index (χ3n) is 2.49. The van der Waals surface area contributed by atoms with Crippen molar-refractivity contribution in [3.05, 3.63) is 34.3 Å². The summed E-state index contributed by atoms with van der Waals surface area (Å²) in [7, 11) is 0. The lowest BCUT2D eigenvalue weighted by atomic mass is 10.0. The molecular weight excluding hydrogens is 355 g/mol. The lowest BCUT2D eigenvalue weighted by molar-refractivity contribution is -0.139. The first kappa shape index (κ1) is 17.8. The molecule has 0 bridgehead atoms. The molecule has 0 spiro atoms. The van der Waals surface area contributed by atoms with E-state index in [0.717, 1.165) is 0 Å². The van der Waals surface area contributed by atoms with Crippen LogP contribution in [0.5, 0.6) is 0 Å². The topological polar surface area (TPSA) is 35.1 Å². The van der Waals surface area contributed by atoms with E-state index in [0.29, 0.717) is 10.0 Å². The number of hydrogen-bond donors (Lipinski definition) is 1. The van der Waals surface area contributed by atoms with Crippen LogP contribution in [-0.4, -0.2) is 15.5 Å². The summed E-state index contributed by atoms with van der Waals surface area (Å²) >= 11 is 1.66. The molecule has 0 aliphatic carbocycles. The van der Waals surface area contributed by atoms with Crippen LogP contribution in [0.2, 0.25) is 0 Å². The SMILES string of the molecule is CC(C)(C)[S+]([O-])NC(CC(F)(F)F)c1cccc(Br)c1. The second-order valence-electron chi connectivity index (χ2n) is 5.43. The molecule has 0 saturated heterocycles. The van der Waals surface area contributed by atoms with Gasteiger partial charge in [0.05, 0.1) is 12.5 Å². The molecule has 7 heteroatoms. The fraction of sp³-hybridized carbons (Fsp3) is 0.538. The van der Waals surface area contributed by atoms with E-state index in [-0.39, 0.29) is 0 Å². The van der Waals surface area contributed by atoms with Crippen molar-refractivity contribution < 1.29 is 17.7 Å². The van der Waals surface area contributed by atoms with Crippen LogP contribution in [-0.2, 0) is 11.4 Å². The number of benzene rings is 1. The molecule has 1 N–H and O–H groups in total. The number of hydrogen-bond acceptors (Lipinski definition) is 2. The molecule has 2 nitrogen and oxygen atoms in total. The lowest BCUT2D eigenvalue weighted by Gasteiger charge is -2.28. The quantitative estimate of drug-likeness (QED) is 0.791. The maximum atomic E-state index is 12.7. The summed E-state index contributed by atoms with van der Waals surface area (Å²) in [6, 6.07) is 5.55. The highest BCUT2D eigenvalue weighted by Gasteiger charge is 2.37. The minimum Gasteiger partial charge on any atom is -0.598 e. The monoisotopic (exact) mass is 371 g/mol. The van der Waals surface area contributed by atoms with E-state index in [1.54, 1.807) is 45.0 Å². The third-order valence-corrected chi connectivity index (χ3v) is 4.60. The smallest absolute Gasteiger partial charge is 0.391 e. The first-order chi connectivity index (χ1) is 8.99. The Morgan fingerprint density at radius 3 is 2.35 bits per heavy atom. The van der Waals surface area contributed by atoms with Gasteiger partial charge >= 0.3 is 6.18 Å². The maximum absolute atomic E-state index is 12.7. The van der Waals surface area contributed by atoms with Gasteiger partial charge in [-0.3, -0.25) is 0 Å². The Balaban J connectivity index is 2.97. The van der Waals surface area contributed by atoms with Gasteiger partial charge in [0.2, 0.25) is 0 Å². The van der Waals surface area contributed by atoms with Gasteiger partial charge in [-0.1, -0.05) is 28.1 Å². The van der Waals surface area contributed by atoms with Gasteiger partial charge in [0, 0.05) is 15.8 Å². The normalized spacial score (nSPS) is 16.0. The summed E-state index contributed by atoms with van der Waals surface area (Å²) < 4.78 is 52.7.